The van der Waals surface area contributed by atoms with Gasteiger partial charge in [-0.05, 0) is 91.6 Å². The van der Waals surface area contributed by atoms with Gasteiger partial charge in [-0.2, -0.15) is 0 Å². The van der Waals surface area contributed by atoms with E-state index in [1.807, 2.05) is 36.4 Å². The Kier molecular flexibility index (Phi) is 14.4. The third-order valence-electron chi connectivity index (χ3n) is 5.90. The quantitative estimate of drug-likeness (QED) is 0.108. The van der Waals surface area contributed by atoms with Gasteiger partial charge < -0.3 is 0 Å². The first-order chi connectivity index (χ1) is 18.5. The molecule has 3 aromatic carbocycles. The fourth-order valence-corrected chi connectivity index (χ4v) is 7.42. The van der Waals surface area contributed by atoms with Crippen molar-refractivity contribution in [2.75, 3.05) is 0 Å². The average molecular weight is 591 g/mol. The average Bonchev–Trinajstić information content (AvgIpc) is 2.96. The Morgan fingerprint density at radius 1 is 0.500 bits per heavy atom. The van der Waals surface area contributed by atoms with Crippen LogP contribution in [0.15, 0.2) is 87.5 Å². The van der Waals surface area contributed by atoms with Gasteiger partial charge in [0.15, 0.2) is 0 Å². The predicted octanol–water partition coefficient (Wildman–Crippen LogP) is 11.3. The van der Waals surface area contributed by atoms with Crippen molar-refractivity contribution < 1.29 is 16.5 Å². The molecule has 206 valence electrons. The van der Waals surface area contributed by atoms with Gasteiger partial charge in [-0.1, -0.05) is 76.4 Å². The zero-order valence-electron chi connectivity index (χ0n) is 22.6. The summed E-state index contributed by atoms with van der Waals surface area (Å²) in [5.41, 5.74) is 3.84. The summed E-state index contributed by atoms with van der Waals surface area (Å²) < 4.78 is 30.8. The van der Waals surface area contributed by atoms with Crippen LogP contribution in [0.5, 0.6) is 0 Å². The first-order valence-corrected chi connectivity index (χ1v) is 17.2. The summed E-state index contributed by atoms with van der Waals surface area (Å²) in [5, 5.41) is 0. The maximum absolute atomic E-state index is 13.6. The molecule has 0 aliphatic carbocycles. The van der Waals surface area contributed by atoms with Crippen LogP contribution in [0, 0.1) is 0 Å². The summed E-state index contributed by atoms with van der Waals surface area (Å²) in [4.78, 5) is 2.52. The highest BCUT2D eigenvalue weighted by Crippen LogP contribution is 2.60. The smallest absolute Gasteiger partial charge is 0.225 e. The van der Waals surface area contributed by atoms with Gasteiger partial charge >= 0.3 is 7.82 Å². The van der Waals surface area contributed by atoms with E-state index in [1.54, 1.807) is 0 Å². The number of phosphoric acid groups is 1. The van der Waals surface area contributed by atoms with Gasteiger partial charge in [-0.15, -0.1) is 0 Å². The van der Waals surface area contributed by atoms with Gasteiger partial charge in [0, 0.05) is 50.8 Å². The van der Waals surface area contributed by atoms with Gasteiger partial charge in [-0.25, -0.2) is 16.5 Å². The molecule has 0 heterocycles. The Labute approximate surface area is 242 Å². The van der Waals surface area contributed by atoms with Crippen molar-refractivity contribution in [1.29, 1.82) is 0 Å². The highest BCUT2D eigenvalue weighted by atomic mass is 32.2. The summed E-state index contributed by atoms with van der Waals surface area (Å²) in [7, 11) is -3.92. The molecule has 0 N–H and O–H groups in total. The van der Waals surface area contributed by atoms with Crippen LogP contribution >= 0.6 is 44.0 Å². The summed E-state index contributed by atoms with van der Waals surface area (Å²) in [6, 6.07) is 24.3. The first-order valence-electron chi connectivity index (χ1n) is 13.5. The van der Waals surface area contributed by atoms with Gasteiger partial charge in [0.1, 0.15) is 0 Å². The zero-order chi connectivity index (χ0) is 27.1. The molecule has 3 rings (SSSR count). The fraction of sp³-hybridized carbons (Fsp3) is 0.400. The highest BCUT2D eigenvalue weighted by molar-refractivity contribution is 8.04. The van der Waals surface area contributed by atoms with Crippen molar-refractivity contribution in [2.45, 2.75) is 93.2 Å². The van der Waals surface area contributed by atoms with Crippen molar-refractivity contribution in [3.8, 4) is 0 Å². The summed E-state index contributed by atoms with van der Waals surface area (Å²) in [6.07, 6.45) is 10.1. The van der Waals surface area contributed by atoms with Crippen LogP contribution in [0.4, 0.5) is 0 Å². The largest absolute Gasteiger partial charge is 0.509 e. The lowest BCUT2D eigenvalue weighted by Gasteiger charge is -2.15. The SMILES string of the molecule is CCCCc1ccc(SOP(=O)(OSc2ccc(CCCC)cc2)OSc2ccc(CCCC)cc2)cc1. The van der Waals surface area contributed by atoms with Gasteiger partial charge in [0.2, 0.25) is 0 Å². The second-order valence-electron chi connectivity index (χ2n) is 9.16. The molecule has 4 nitrogen and oxygen atoms in total. The monoisotopic (exact) mass is 590 g/mol. The highest BCUT2D eigenvalue weighted by Gasteiger charge is 2.31. The Morgan fingerprint density at radius 3 is 1.00 bits per heavy atom. The zero-order valence-corrected chi connectivity index (χ0v) is 25.9. The van der Waals surface area contributed by atoms with Crippen LogP contribution in [0.3, 0.4) is 0 Å². The number of unbranched alkanes of at least 4 members (excludes halogenated alkanes) is 3. The van der Waals surface area contributed by atoms with E-state index in [0.29, 0.717) is 0 Å². The van der Waals surface area contributed by atoms with Crippen LogP contribution in [-0.2, 0) is 35.7 Å². The van der Waals surface area contributed by atoms with Crippen LogP contribution in [0.2, 0.25) is 0 Å². The lowest BCUT2D eigenvalue weighted by atomic mass is 10.1. The Morgan fingerprint density at radius 2 is 0.763 bits per heavy atom. The molecule has 0 aliphatic rings. The third kappa shape index (κ3) is 11.5. The Bertz CT molecular complexity index is 964. The second kappa shape index (κ2) is 17.5. The molecule has 0 aliphatic heterocycles. The Hall–Kier alpha value is -1.18. The van der Waals surface area contributed by atoms with E-state index in [1.165, 1.54) is 16.7 Å². The van der Waals surface area contributed by atoms with E-state index in [9.17, 15) is 4.57 Å². The van der Waals surface area contributed by atoms with Gasteiger partial charge in [0.05, 0.1) is 0 Å². The van der Waals surface area contributed by atoms with E-state index in [2.05, 4.69) is 57.2 Å². The van der Waals surface area contributed by atoms with E-state index in [-0.39, 0.29) is 0 Å². The van der Waals surface area contributed by atoms with E-state index >= 15 is 0 Å². The number of benzene rings is 3. The molecular formula is C30H39O4PS3. The van der Waals surface area contributed by atoms with Crippen LogP contribution in [0.25, 0.3) is 0 Å². The molecule has 0 aromatic heterocycles. The van der Waals surface area contributed by atoms with Crippen molar-refractivity contribution in [1.82, 2.24) is 0 Å². The molecule has 0 unspecified atom stereocenters. The molecule has 8 heteroatoms. The molecule has 3 aromatic rings. The molecule has 0 spiro atoms. The van der Waals surface area contributed by atoms with Crippen LogP contribution in [-0.4, -0.2) is 0 Å². The minimum absolute atomic E-state index is 0.841. The lowest BCUT2D eigenvalue weighted by molar-refractivity contribution is 0.350. The van der Waals surface area contributed by atoms with Crippen LogP contribution in [0.1, 0.15) is 76.0 Å². The molecule has 38 heavy (non-hydrogen) atoms. The van der Waals surface area contributed by atoms with Crippen LogP contribution < -0.4 is 0 Å². The van der Waals surface area contributed by atoms with Crippen molar-refractivity contribution in [2.24, 2.45) is 0 Å². The fourth-order valence-electron chi connectivity index (χ4n) is 3.58. The Balaban J connectivity index is 1.63. The number of hydrogen-bond acceptors (Lipinski definition) is 7. The molecule has 0 atom stereocenters. The number of aryl methyl sites for hydroxylation is 3. The van der Waals surface area contributed by atoms with E-state index in [4.69, 9.17) is 11.9 Å². The van der Waals surface area contributed by atoms with Gasteiger partial charge in [0.25, 0.3) is 0 Å². The summed E-state index contributed by atoms with van der Waals surface area (Å²) >= 11 is 3.04. The molecular weight excluding hydrogens is 552 g/mol. The normalized spacial score (nSPS) is 11.7. The molecule has 0 amide bonds. The maximum atomic E-state index is 13.6. The van der Waals surface area contributed by atoms with Crippen molar-refractivity contribution in [3.63, 3.8) is 0 Å². The first kappa shape index (κ1) is 31.3. The minimum Gasteiger partial charge on any atom is -0.225 e. The molecule has 0 saturated carbocycles. The van der Waals surface area contributed by atoms with E-state index in [0.717, 1.165) is 109 Å². The topological polar surface area (TPSA) is 44.8 Å². The van der Waals surface area contributed by atoms with Gasteiger partial charge in [-0.3, -0.25) is 0 Å². The number of hydrogen-bond donors (Lipinski definition) is 0. The van der Waals surface area contributed by atoms with Crippen molar-refractivity contribution in [3.05, 3.63) is 89.5 Å². The molecule has 0 bridgehead atoms. The van der Waals surface area contributed by atoms with E-state index < -0.39 is 7.82 Å². The minimum atomic E-state index is -3.92. The molecule has 0 radical (unpaired) electrons. The summed E-state index contributed by atoms with van der Waals surface area (Å²) in [6.45, 7) is 6.56. The standard InChI is InChI=1S/C30H39O4PS3/c1-4-7-10-25-13-19-28(20-14-25)36-32-35(31,33-37-29-21-15-26(16-22-29)11-8-5-2)34-38-30-23-17-27(18-24-30)12-9-6-3/h13-24H,4-12H2,1-3H3. The second-order valence-corrected chi connectivity index (χ2v) is 13.8. The third-order valence-corrected chi connectivity index (χ3v) is 10.4. The molecule has 0 saturated heterocycles. The number of rotatable bonds is 18. The lowest BCUT2D eigenvalue weighted by Crippen LogP contribution is -1.90. The summed E-state index contributed by atoms with van der Waals surface area (Å²) in [5.74, 6) is 0. The van der Waals surface area contributed by atoms with Crippen molar-refractivity contribution >= 4 is 44.0 Å². The predicted molar refractivity (Wildman–Crippen MR) is 164 cm³/mol. The molecule has 0 fully saturated rings. The maximum Gasteiger partial charge on any atom is 0.509 e.